The Bertz CT molecular complexity index is 65.0. The maximum absolute atomic E-state index is 4.98. The summed E-state index contributed by atoms with van der Waals surface area (Å²) in [5.41, 5.74) is 0. The van der Waals surface area contributed by atoms with Gasteiger partial charge in [0, 0.05) is 13.7 Å². The van der Waals surface area contributed by atoms with Crippen molar-refractivity contribution < 1.29 is 4.74 Å². The molecule has 1 aliphatic carbocycles. The van der Waals surface area contributed by atoms with Crippen LogP contribution in [0.1, 0.15) is 32.1 Å². The van der Waals surface area contributed by atoms with Gasteiger partial charge in [0.15, 0.2) is 0 Å². The van der Waals surface area contributed by atoms with E-state index in [0.717, 1.165) is 6.61 Å². The van der Waals surface area contributed by atoms with Gasteiger partial charge in [-0.2, -0.15) is 0 Å². The Hall–Kier alpha value is -0.0400. The fourth-order valence-corrected chi connectivity index (χ4v) is 1.37. The van der Waals surface area contributed by atoms with E-state index in [1.807, 2.05) is 0 Å². The van der Waals surface area contributed by atoms with Gasteiger partial charge in [-0.25, -0.2) is 0 Å². The van der Waals surface area contributed by atoms with Crippen molar-refractivity contribution in [2.45, 2.75) is 32.1 Å². The van der Waals surface area contributed by atoms with Crippen LogP contribution in [0.2, 0.25) is 0 Å². The fourth-order valence-electron chi connectivity index (χ4n) is 1.37. The highest BCUT2D eigenvalue weighted by Gasteiger charge is 2.14. The molecule has 1 saturated carbocycles. The van der Waals surface area contributed by atoms with Gasteiger partial charge in [0.25, 0.3) is 0 Å². The van der Waals surface area contributed by atoms with Crippen LogP contribution >= 0.6 is 0 Å². The molecular formula is C8H15O. The molecule has 1 fully saturated rings. The van der Waals surface area contributed by atoms with Crippen LogP contribution in [-0.4, -0.2) is 13.7 Å². The van der Waals surface area contributed by atoms with Gasteiger partial charge in [0.05, 0.1) is 0 Å². The first kappa shape index (κ1) is 7.07. The summed E-state index contributed by atoms with van der Waals surface area (Å²) in [6.45, 7) is 0.926. The second-order valence-corrected chi connectivity index (χ2v) is 2.70. The van der Waals surface area contributed by atoms with E-state index in [2.05, 4.69) is 0 Å². The Morgan fingerprint density at radius 3 is 2.56 bits per heavy atom. The Morgan fingerprint density at radius 1 is 1.33 bits per heavy atom. The molecule has 0 aromatic heterocycles. The summed E-state index contributed by atoms with van der Waals surface area (Å²) in [5.74, 6) is 1.72. The Labute approximate surface area is 57.4 Å². The first-order chi connectivity index (χ1) is 4.43. The van der Waals surface area contributed by atoms with Crippen molar-refractivity contribution in [3.8, 4) is 0 Å². The van der Waals surface area contributed by atoms with Crippen molar-refractivity contribution in [2.75, 3.05) is 13.7 Å². The molecule has 1 rings (SSSR count). The van der Waals surface area contributed by atoms with E-state index in [-0.39, 0.29) is 0 Å². The van der Waals surface area contributed by atoms with Crippen LogP contribution < -0.4 is 0 Å². The molecule has 0 N–H and O–H groups in total. The van der Waals surface area contributed by atoms with Crippen LogP contribution in [0.3, 0.4) is 0 Å². The fraction of sp³-hybridized carbons (Fsp3) is 0.875. The highest BCUT2D eigenvalue weighted by Crippen LogP contribution is 2.29. The van der Waals surface area contributed by atoms with E-state index in [1.54, 1.807) is 13.0 Å². The van der Waals surface area contributed by atoms with Gasteiger partial charge >= 0.3 is 0 Å². The first-order valence-electron chi connectivity index (χ1n) is 3.76. The summed E-state index contributed by atoms with van der Waals surface area (Å²) in [7, 11) is 1.77. The molecule has 0 aliphatic heterocycles. The van der Waals surface area contributed by atoms with Gasteiger partial charge < -0.3 is 4.74 Å². The van der Waals surface area contributed by atoms with E-state index in [4.69, 9.17) is 4.74 Å². The Morgan fingerprint density at radius 2 is 2.00 bits per heavy atom. The van der Waals surface area contributed by atoms with Crippen molar-refractivity contribution in [1.29, 1.82) is 0 Å². The van der Waals surface area contributed by atoms with Gasteiger partial charge in [-0.3, -0.25) is 0 Å². The lowest BCUT2D eigenvalue weighted by Crippen LogP contribution is -1.96. The molecule has 1 radical (unpaired) electrons. The van der Waals surface area contributed by atoms with Crippen molar-refractivity contribution >= 4 is 0 Å². The molecule has 0 bridgehead atoms. The van der Waals surface area contributed by atoms with E-state index < -0.39 is 0 Å². The average Bonchev–Trinajstić information content (AvgIpc) is 2.34. The normalized spacial score (nSPS) is 21.0. The lowest BCUT2D eigenvalue weighted by atomic mass is 10.1. The van der Waals surface area contributed by atoms with Crippen LogP contribution in [-0.2, 0) is 4.74 Å². The lowest BCUT2D eigenvalue weighted by molar-refractivity contribution is 0.196. The molecule has 0 aromatic rings. The predicted molar refractivity (Wildman–Crippen MR) is 38.2 cm³/mol. The molecule has 0 aromatic carbocycles. The standard InChI is InChI=1S/C8H15O/c1-9-7-6-8-4-2-3-5-8/h2-7H2,1H3. The average molecular weight is 127 g/mol. The highest BCUT2D eigenvalue weighted by molar-refractivity contribution is 4.93. The molecule has 0 unspecified atom stereocenters. The highest BCUT2D eigenvalue weighted by atomic mass is 16.5. The Kier molecular flexibility index (Phi) is 3.05. The minimum atomic E-state index is 0.926. The molecule has 0 atom stereocenters. The quantitative estimate of drug-likeness (QED) is 0.564. The van der Waals surface area contributed by atoms with Crippen molar-refractivity contribution in [3.05, 3.63) is 5.92 Å². The lowest BCUT2D eigenvalue weighted by Gasteiger charge is -2.04. The van der Waals surface area contributed by atoms with Crippen LogP contribution in [0.5, 0.6) is 0 Å². The van der Waals surface area contributed by atoms with Gasteiger partial charge in [-0.1, -0.05) is 12.8 Å². The van der Waals surface area contributed by atoms with E-state index >= 15 is 0 Å². The topological polar surface area (TPSA) is 9.23 Å². The number of hydrogen-bond donors (Lipinski definition) is 0. The molecule has 9 heavy (non-hydrogen) atoms. The van der Waals surface area contributed by atoms with E-state index in [9.17, 15) is 0 Å². The summed E-state index contributed by atoms with van der Waals surface area (Å²) in [6, 6.07) is 0. The molecule has 0 heterocycles. The van der Waals surface area contributed by atoms with Crippen molar-refractivity contribution in [3.63, 3.8) is 0 Å². The summed E-state index contributed by atoms with van der Waals surface area (Å²) >= 11 is 0. The summed E-state index contributed by atoms with van der Waals surface area (Å²) < 4.78 is 4.98. The third kappa shape index (κ3) is 2.35. The van der Waals surface area contributed by atoms with Crippen LogP contribution in [0, 0.1) is 5.92 Å². The monoisotopic (exact) mass is 127 g/mol. The number of methoxy groups -OCH3 is 1. The maximum Gasteiger partial charge on any atom is 0.0467 e. The Balaban J connectivity index is 1.98. The van der Waals surface area contributed by atoms with Gasteiger partial charge in [0.1, 0.15) is 0 Å². The zero-order chi connectivity index (χ0) is 6.53. The summed E-state index contributed by atoms with van der Waals surface area (Å²) in [4.78, 5) is 0. The summed E-state index contributed by atoms with van der Waals surface area (Å²) in [6.07, 6.45) is 6.77. The van der Waals surface area contributed by atoms with Crippen LogP contribution in [0.25, 0.3) is 0 Å². The van der Waals surface area contributed by atoms with Crippen LogP contribution in [0.15, 0.2) is 0 Å². The van der Waals surface area contributed by atoms with Crippen molar-refractivity contribution in [2.24, 2.45) is 0 Å². The second kappa shape index (κ2) is 3.89. The second-order valence-electron chi connectivity index (χ2n) is 2.70. The number of hydrogen-bond acceptors (Lipinski definition) is 1. The number of ether oxygens (including phenoxy) is 1. The molecular weight excluding hydrogens is 112 g/mol. The molecule has 0 spiro atoms. The molecule has 1 aliphatic rings. The largest absolute Gasteiger partial charge is 0.385 e. The van der Waals surface area contributed by atoms with Gasteiger partial charge in [0.2, 0.25) is 0 Å². The molecule has 0 saturated heterocycles. The maximum atomic E-state index is 4.98. The molecule has 1 nitrogen and oxygen atoms in total. The zero-order valence-electron chi connectivity index (χ0n) is 6.15. The molecule has 0 amide bonds. The van der Waals surface area contributed by atoms with Gasteiger partial charge in [-0.05, 0) is 25.2 Å². The third-order valence-corrected chi connectivity index (χ3v) is 1.97. The SMILES string of the molecule is COCC[C]1CCCC1. The molecule has 53 valence electrons. The minimum absolute atomic E-state index is 0.926. The molecule has 1 heteroatoms. The van der Waals surface area contributed by atoms with Crippen LogP contribution in [0.4, 0.5) is 0 Å². The predicted octanol–water partition coefficient (Wildman–Crippen LogP) is 2.17. The summed E-state index contributed by atoms with van der Waals surface area (Å²) in [5, 5.41) is 0. The van der Waals surface area contributed by atoms with Crippen molar-refractivity contribution in [1.82, 2.24) is 0 Å². The van der Waals surface area contributed by atoms with E-state index in [1.165, 1.54) is 32.1 Å². The smallest absolute Gasteiger partial charge is 0.0467 e. The first-order valence-corrected chi connectivity index (χ1v) is 3.76. The van der Waals surface area contributed by atoms with E-state index in [0.29, 0.717) is 0 Å². The third-order valence-electron chi connectivity index (χ3n) is 1.97. The minimum Gasteiger partial charge on any atom is -0.385 e. The van der Waals surface area contributed by atoms with Gasteiger partial charge in [-0.15, -0.1) is 0 Å². The number of rotatable bonds is 3. The zero-order valence-corrected chi connectivity index (χ0v) is 6.15.